The maximum Gasteiger partial charge on any atom is 0.305 e. The lowest BCUT2D eigenvalue weighted by Gasteiger charge is -2.01. The monoisotopic (exact) mass is 192 g/mol. The Morgan fingerprint density at radius 1 is 1.43 bits per heavy atom. The van der Waals surface area contributed by atoms with Crippen molar-refractivity contribution in [3.05, 3.63) is 35.9 Å². The van der Waals surface area contributed by atoms with Gasteiger partial charge in [-0.1, -0.05) is 18.2 Å². The van der Waals surface area contributed by atoms with Crippen LogP contribution in [0.3, 0.4) is 0 Å². The van der Waals surface area contributed by atoms with E-state index in [9.17, 15) is 9.59 Å². The first-order chi connectivity index (χ1) is 6.70. The summed E-state index contributed by atoms with van der Waals surface area (Å²) in [6, 6.07) is 9.48. The quantitative estimate of drug-likeness (QED) is 0.737. The summed E-state index contributed by atoms with van der Waals surface area (Å²) in [4.78, 5) is 21.4. The van der Waals surface area contributed by atoms with Gasteiger partial charge in [-0.25, -0.2) is 0 Å². The summed E-state index contributed by atoms with van der Waals surface area (Å²) >= 11 is 0. The van der Waals surface area contributed by atoms with E-state index in [1.807, 2.05) is 0 Å². The van der Waals surface area contributed by atoms with E-state index in [4.69, 9.17) is 5.11 Å². The maximum atomic E-state index is 11.3. The number of nitrogens with one attached hydrogen (secondary N) is 1. The van der Waals surface area contributed by atoms with Crippen molar-refractivity contribution in [3.8, 4) is 0 Å². The molecule has 0 saturated heterocycles. The van der Waals surface area contributed by atoms with Crippen molar-refractivity contribution in [2.24, 2.45) is 0 Å². The fourth-order valence-corrected chi connectivity index (χ4v) is 0.913. The minimum atomic E-state index is -0.928. The molecule has 0 saturated carbocycles. The number of hydrogen-bond donors (Lipinski definition) is 2. The Labute approximate surface area is 81.6 Å². The van der Waals surface area contributed by atoms with Crippen molar-refractivity contribution in [1.29, 1.82) is 0 Å². The summed E-state index contributed by atoms with van der Waals surface area (Å²) in [5.74, 6) is -1.23. The third kappa shape index (κ3) is 3.26. The van der Waals surface area contributed by atoms with Crippen molar-refractivity contribution in [1.82, 2.24) is 5.32 Å². The smallest absolute Gasteiger partial charge is 0.305 e. The van der Waals surface area contributed by atoms with Crippen LogP contribution >= 0.6 is 0 Å². The normalized spacial score (nSPS) is 9.43. The van der Waals surface area contributed by atoms with Crippen molar-refractivity contribution in [2.75, 3.05) is 6.54 Å². The van der Waals surface area contributed by atoms with E-state index >= 15 is 0 Å². The van der Waals surface area contributed by atoms with Gasteiger partial charge in [-0.3, -0.25) is 9.59 Å². The van der Waals surface area contributed by atoms with E-state index in [0.717, 1.165) is 0 Å². The second-order valence-electron chi connectivity index (χ2n) is 2.68. The van der Waals surface area contributed by atoms with E-state index in [1.54, 1.807) is 24.3 Å². The van der Waals surface area contributed by atoms with Crippen LogP contribution in [-0.2, 0) is 4.79 Å². The molecule has 0 heterocycles. The lowest BCUT2D eigenvalue weighted by Crippen LogP contribution is -2.25. The van der Waals surface area contributed by atoms with Crippen LogP contribution in [0.1, 0.15) is 16.8 Å². The third-order valence-corrected chi connectivity index (χ3v) is 1.58. The number of benzene rings is 1. The molecule has 0 unspecified atom stereocenters. The van der Waals surface area contributed by atoms with Crippen LogP contribution in [0, 0.1) is 6.07 Å². The Morgan fingerprint density at radius 2 is 2.21 bits per heavy atom. The van der Waals surface area contributed by atoms with Gasteiger partial charge in [-0.05, 0) is 12.1 Å². The molecule has 0 aliphatic carbocycles. The molecule has 14 heavy (non-hydrogen) atoms. The van der Waals surface area contributed by atoms with E-state index in [0.29, 0.717) is 5.56 Å². The van der Waals surface area contributed by atoms with Crippen LogP contribution in [0.25, 0.3) is 0 Å². The predicted octanol–water partition coefficient (Wildman–Crippen LogP) is 0.691. The second-order valence-corrected chi connectivity index (χ2v) is 2.68. The molecule has 4 nitrogen and oxygen atoms in total. The molecular weight excluding hydrogens is 182 g/mol. The van der Waals surface area contributed by atoms with E-state index < -0.39 is 5.97 Å². The summed E-state index contributed by atoms with van der Waals surface area (Å²) in [7, 11) is 0. The number of carboxylic acids is 1. The molecule has 0 atom stereocenters. The number of carboxylic acid groups (broad SMARTS) is 1. The molecule has 1 radical (unpaired) electrons. The molecule has 1 aromatic carbocycles. The van der Waals surface area contributed by atoms with Gasteiger partial charge in [-0.15, -0.1) is 0 Å². The zero-order valence-corrected chi connectivity index (χ0v) is 7.49. The van der Waals surface area contributed by atoms with Gasteiger partial charge in [0.1, 0.15) is 0 Å². The lowest BCUT2D eigenvalue weighted by atomic mass is 10.2. The predicted molar refractivity (Wildman–Crippen MR) is 49.9 cm³/mol. The number of rotatable bonds is 4. The van der Waals surface area contributed by atoms with Crippen LogP contribution in [0.2, 0.25) is 0 Å². The number of aliphatic carboxylic acids is 1. The fraction of sp³-hybridized carbons (Fsp3) is 0.200. The van der Waals surface area contributed by atoms with Gasteiger partial charge < -0.3 is 10.4 Å². The third-order valence-electron chi connectivity index (χ3n) is 1.58. The van der Waals surface area contributed by atoms with Crippen LogP contribution in [-0.4, -0.2) is 23.5 Å². The first kappa shape index (κ1) is 10.2. The largest absolute Gasteiger partial charge is 0.481 e. The molecule has 0 fully saturated rings. The number of amides is 1. The van der Waals surface area contributed by atoms with Crippen LogP contribution in [0.4, 0.5) is 0 Å². The van der Waals surface area contributed by atoms with Gasteiger partial charge in [0.05, 0.1) is 6.42 Å². The molecule has 0 aliphatic heterocycles. The summed E-state index contributed by atoms with van der Waals surface area (Å²) in [5, 5.41) is 10.8. The standard InChI is InChI=1S/C10H10NO3/c12-9(13)6-7-11-10(14)8-4-2-1-3-5-8/h1-4H,6-7H2,(H,11,14)(H,12,13). The highest BCUT2D eigenvalue weighted by Gasteiger charge is 2.04. The SMILES string of the molecule is O=C(O)CCNC(=O)c1[c]cccc1. The second kappa shape index (κ2) is 5.01. The zero-order valence-electron chi connectivity index (χ0n) is 7.49. The summed E-state index contributed by atoms with van der Waals surface area (Å²) in [6.45, 7) is 0.136. The summed E-state index contributed by atoms with van der Waals surface area (Å²) in [5.41, 5.74) is 0.415. The highest BCUT2D eigenvalue weighted by atomic mass is 16.4. The Bertz CT molecular complexity index is 321. The minimum absolute atomic E-state index is 0.0709. The Balaban J connectivity index is 2.40. The zero-order chi connectivity index (χ0) is 10.4. The molecule has 73 valence electrons. The molecule has 0 aliphatic rings. The van der Waals surface area contributed by atoms with Gasteiger partial charge >= 0.3 is 5.97 Å². The Kier molecular flexibility index (Phi) is 3.67. The Morgan fingerprint density at radius 3 is 2.79 bits per heavy atom. The van der Waals surface area contributed by atoms with Crippen LogP contribution in [0.5, 0.6) is 0 Å². The number of carbonyl (C=O) groups excluding carboxylic acids is 1. The van der Waals surface area contributed by atoms with Crippen molar-refractivity contribution in [2.45, 2.75) is 6.42 Å². The molecule has 0 bridgehead atoms. The number of hydrogen-bond acceptors (Lipinski definition) is 2. The number of carbonyl (C=O) groups is 2. The van der Waals surface area contributed by atoms with Crippen molar-refractivity contribution in [3.63, 3.8) is 0 Å². The molecule has 0 spiro atoms. The van der Waals surface area contributed by atoms with Gasteiger partial charge in [0.25, 0.3) is 5.91 Å². The molecule has 2 N–H and O–H groups in total. The van der Waals surface area contributed by atoms with Crippen LogP contribution < -0.4 is 5.32 Å². The van der Waals surface area contributed by atoms with E-state index in [1.165, 1.54) is 0 Å². The lowest BCUT2D eigenvalue weighted by molar-refractivity contribution is -0.136. The molecule has 4 heteroatoms. The van der Waals surface area contributed by atoms with E-state index in [2.05, 4.69) is 11.4 Å². The summed E-state index contributed by atoms with van der Waals surface area (Å²) in [6.07, 6.45) is -0.0709. The molecular formula is C10H10NO3. The highest BCUT2D eigenvalue weighted by molar-refractivity contribution is 5.93. The maximum absolute atomic E-state index is 11.3. The molecule has 1 amide bonds. The first-order valence-electron chi connectivity index (χ1n) is 4.17. The highest BCUT2D eigenvalue weighted by Crippen LogP contribution is 1.96. The molecule has 0 aromatic heterocycles. The van der Waals surface area contributed by atoms with Gasteiger partial charge in [0, 0.05) is 12.1 Å². The van der Waals surface area contributed by atoms with Crippen LogP contribution in [0.15, 0.2) is 24.3 Å². The minimum Gasteiger partial charge on any atom is -0.481 e. The summed E-state index contributed by atoms with van der Waals surface area (Å²) < 4.78 is 0. The van der Waals surface area contributed by atoms with E-state index in [-0.39, 0.29) is 18.9 Å². The van der Waals surface area contributed by atoms with Gasteiger partial charge in [-0.2, -0.15) is 0 Å². The average Bonchev–Trinajstić information content (AvgIpc) is 2.18. The van der Waals surface area contributed by atoms with Crippen molar-refractivity contribution < 1.29 is 14.7 Å². The van der Waals surface area contributed by atoms with Gasteiger partial charge in [0.15, 0.2) is 0 Å². The molecule has 1 aromatic rings. The van der Waals surface area contributed by atoms with Gasteiger partial charge in [0.2, 0.25) is 0 Å². The first-order valence-corrected chi connectivity index (χ1v) is 4.17. The topological polar surface area (TPSA) is 66.4 Å². The molecule has 1 rings (SSSR count). The Hall–Kier alpha value is -1.84. The average molecular weight is 192 g/mol. The fourth-order valence-electron chi connectivity index (χ4n) is 0.913. The van der Waals surface area contributed by atoms with Crippen molar-refractivity contribution >= 4 is 11.9 Å².